The van der Waals surface area contributed by atoms with Gasteiger partial charge >= 0.3 is 0 Å². The molecule has 4 heteroatoms. The van der Waals surface area contributed by atoms with Crippen molar-refractivity contribution in [2.45, 2.75) is 45.1 Å². The van der Waals surface area contributed by atoms with E-state index in [0.29, 0.717) is 0 Å². The standard InChI is InChI=1S/C14H29N3O/c1-4-12-7-9-15-13(11-12)14(18)16-8-5-6-10-17(2)3/h12-13,15H,4-11H2,1-3H3,(H,16,18). The first-order valence-corrected chi connectivity index (χ1v) is 7.29. The second kappa shape index (κ2) is 8.48. The van der Waals surface area contributed by atoms with Gasteiger partial charge in [0.1, 0.15) is 0 Å². The summed E-state index contributed by atoms with van der Waals surface area (Å²) < 4.78 is 0. The Labute approximate surface area is 111 Å². The molecule has 2 N–H and O–H groups in total. The van der Waals surface area contributed by atoms with Gasteiger partial charge < -0.3 is 15.5 Å². The number of nitrogens with one attached hydrogen (secondary N) is 2. The van der Waals surface area contributed by atoms with E-state index in [4.69, 9.17) is 0 Å². The Morgan fingerprint density at radius 3 is 2.83 bits per heavy atom. The van der Waals surface area contributed by atoms with Crippen LogP contribution in [0.1, 0.15) is 39.0 Å². The van der Waals surface area contributed by atoms with Crippen LogP contribution in [0.2, 0.25) is 0 Å². The van der Waals surface area contributed by atoms with Gasteiger partial charge in [0.05, 0.1) is 6.04 Å². The second-order valence-corrected chi connectivity index (χ2v) is 5.61. The smallest absolute Gasteiger partial charge is 0.237 e. The van der Waals surface area contributed by atoms with E-state index in [0.717, 1.165) is 44.8 Å². The Hall–Kier alpha value is -0.610. The molecule has 0 aliphatic carbocycles. The molecule has 1 amide bonds. The zero-order valence-corrected chi connectivity index (χ0v) is 12.2. The molecule has 0 bridgehead atoms. The van der Waals surface area contributed by atoms with Crippen molar-refractivity contribution in [1.82, 2.24) is 15.5 Å². The maximum absolute atomic E-state index is 12.0. The van der Waals surface area contributed by atoms with Crippen LogP contribution in [0.4, 0.5) is 0 Å². The summed E-state index contributed by atoms with van der Waals surface area (Å²) in [6, 6.07) is 0.0394. The lowest BCUT2D eigenvalue weighted by atomic mass is 9.90. The second-order valence-electron chi connectivity index (χ2n) is 5.61. The molecular formula is C14H29N3O. The molecule has 1 heterocycles. The normalized spacial score (nSPS) is 24.2. The highest BCUT2D eigenvalue weighted by Gasteiger charge is 2.25. The van der Waals surface area contributed by atoms with Gasteiger partial charge in [0.25, 0.3) is 0 Å². The van der Waals surface area contributed by atoms with Crippen LogP contribution in [0.5, 0.6) is 0 Å². The fraction of sp³-hybridized carbons (Fsp3) is 0.929. The molecule has 0 saturated carbocycles. The van der Waals surface area contributed by atoms with Crippen molar-refractivity contribution in [2.24, 2.45) is 5.92 Å². The summed E-state index contributed by atoms with van der Waals surface area (Å²) in [6.07, 6.45) is 5.61. The number of nitrogens with zero attached hydrogens (tertiary/aromatic N) is 1. The third-order valence-corrected chi connectivity index (χ3v) is 3.74. The van der Waals surface area contributed by atoms with E-state index in [1.54, 1.807) is 0 Å². The highest BCUT2D eigenvalue weighted by molar-refractivity contribution is 5.81. The molecule has 0 aromatic carbocycles. The van der Waals surface area contributed by atoms with Crippen LogP contribution in [-0.4, -0.2) is 50.6 Å². The van der Waals surface area contributed by atoms with E-state index in [1.807, 2.05) is 0 Å². The first kappa shape index (κ1) is 15.4. The summed E-state index contributed by atoms with van der Waals surface area (Å²) in [5.74, 6) is 0.911. The molecule has 4 nitrogen and oxygen atoms in total. The molecular weight excluding hydrogens is 226 g/mol. The number of carbonyl (C=O) groups excluding carboxylic acids is 1. The predicted molar refractivity (Wildman–Crippen MR) is 75.6 cm³/mol. The minimum atomic E-state index is 0.0394. The Kier molecular flexibility index (Phi) is 7.28. The lowest BCUT2D eigenvalue weighted by molar-refractivity contribution is -0.124. The van der Waals surface area contributed by atoms with Crippen LogP contribution in [0.25, 0.3) is 0 Å². The number of rotatable bonds is 7. The third-order valence-electron chi connectivity index (χ3n) is 3.74. The Balaban J connectivity index is 2.12. The Morgan fingerprint density at radius 2 is 2.17 bits per heavy atom. The monoisotopic (exact) mass is 255 g/mol. The molecule has 0 spiro atoms. The topological polar surface area (TPSA) is 44.4 Å². The van der Waals surface area contributed by atoms with Gasteiger partial charge in [-0.3, -0.25) is 4.79 Å². The van der Waals surface area contributed by atoms with E-state index < -0.39 is 0 Å². The highest BCUT2D eigenvalue weighted by atomic mass is 16.2. The van der Waals surface area contributed by atoms with Crippen LogP contribution in [0.3, 0.4) is 0 Å². The fourth-order valence-electron chi connectivity index (χ4n) is 2.45. The van der Waals surface area contributed by atoms with Crippen molar-refractivity contribution < 1.29 is 4.79 Å². The number of piperidine rings is 1. The molecule has 1 saturated heterocycles. The number of unbranched alkanes of at least 4 members (excludes halogenated alkanes) is 1. The summed E-state index contributed by atoms with van der Waals surface area (Å²) in [5.41, 5.74) is 0. The summed E-state index contributed by atoms with van der Waals surface area (Å²) >= 11 is 0. The zero-order chi connectivity index (χ0) is 13.4. The largest absolute Gasteiger partial charge is 0.355 e. The predicted octanol–water partition coefficient (Wildman–Crippen LogP) is 1.22. The van der Waals surface area contributed by atoms with Gasteiger partial charge in [-0.1, -0.05) is 13.3 Å². The van der Waals surface area contributed by atoms with Gasteiger partial charge in [0.2, 0.25) is 5.91 Å². The Bertz CT molecular complexity index is 243. The molecule has 0 radical (unpaired) electrons. The van der Waals surface area contributed by atoms with Gasteiger partial charge in [0.15, 0.2) is 0 Å². The van der Waals surface area contributed by atoms with Crippen molar-refractivity contribution in [3.05, 3.63) is 0 Å². The third kappa shape index (κ3) is 5.83. The highest BCUT2D eigenvalue weighted by Crippen LogP contribution is 2.19. The van der Waals surface area contributed by atoms with Crippen LogP contribution < -0.4 is 10.6 Å². The number of amides is 1. The molecule has 18 heavy (non-hydrogen) atoms. The molecule has 106 valence electrons. The van der Waals surface area contributed by atoms with E-state index in [2.05, 4.69) is 36.6 Å². The summed E-state index contributed by atoms with van der Waals surface area (Å²) in [6.45, 7) is 5.10. The van der Waals surface area contributed by atoms with Crippen molar-refractivity contribution in [1.29, 1.82) is 0 Å². The van der Waals surface area contributed by atoms with E-state index in [1.165, 1.54) is 12.8 Å². The minimum Gasteiger partial charge on any atom is -0.355 e. The lowest BCUT2D eigenvalue weighted by Crippen LogP contribution is -2.48. The van der Waals surface area contributed by atoms with Gasteiger partial charge in [-0.05, 0) is 58.8 Å². The molecule has 1 fully saturated rings. The van der Waals surface area contributed by atoms with E-state index in [-0.39, 0.29) is 11.9 Å². The number of hydrogen-bond acceptors (Lipinski definition) is 3. The van der Waals surface area contributed by atoms with Crippen molar-refractivity contribution in [3.8, 4) is 0 Å². The summed E-state index contributed by atoms with van der Waals surface area (Å²) in [7, 11) is 4.16. The molecule has 0 aromatic rings. The first-order chi connectivity index (χ1) is 8.63. The average Bonchev–Trinajstić information content (AvgIpc) is 2.37. The van der Waals surface area contributed by atoms with Gasteiger partial charge in [-0.25, -0.2) is 0 Å². The Morgan fingerprint density at radius 1 is 1.39 bits per heavy atom. The molecule has 1 aliphatic rings. The average molecular weight is 255 g/mol. The maximum atomic E-state index is 12.0. The zero-order valence-electron chi connectivity index (χ0n) is 12.2. The SMILES string of the molecule is CCC1CCNC(C(=O)NCCCCN(C)C)C1. The fourth-order valence-corrected chi connectivity index (χ4v) is 2.45. The van der Waals surface area contributed by atoms with Crippen molar-refractivity contribution >= 4 is 5.91 Å². The van der Waals surface area contributed by atoms with Gasteiger partial charge in [0, 0.05) is 6.54 Å². The van der Waals surface area contributed by atoms with Gasteiger partial charge in [-0.2, -0.15) is 0 Å². The molecule has 1 aliphatic heterocycles. The summed E-state index contributed by atoms with van der Waals surface area (Å²) in [4.78, 5) is 14.1. The van der Waals surface area contributed by atoms with Crippen LogP contribution >= 0.6 is 0 Å². The first-order valence-electron chi connectivity index (χ1n) is 7.29. The van der Waals surface area contributed by atoms with Crippen molar-refractivity contribution in [2.75, 3.05) is 33.7 Å². The summed E-state index contributed by atoms with van der Waals surface area (Å²) in [5, 5.41) is 6.37. The lowest BCUT2D eigenvalue weighted by Gasteiger charge is -2.28. The molecule has 2 unspecified atom stereocenters. The number of carbonyl (C=O) groups is 1. The van der Waals surface area contributed by atoms with Crippen LogP contribution in [-0.2, 0) is 4.79 Å². The minimum absolute atomic E-state index is 0.0394. The molecule has 0 aromatic heterocycles. The molecule has 1 rings (SSSR count). The quantitative estimate of drug-likeness (QED) is 0.672. The van der Waals surface area contributed by atoms with E-state index >= 15 is 0 Å². The molecule has 2 atom stereocenters. The van der Waals surface area contributed by atoms with Crippen LogP contribution in [0, 0.1) is 5.92 Å². The van der Waals surface area contributed by atoms with Crippen molar-refractivity contribution in [3.63, 3.8) is 0 Å². The maximum Gasteiger partial charge on any atom is 0.237 e. The number of hydrogen-bond donors (Lipinski definition) is 2. The van der Waals surface area contributed by atoms with Gasteiger partial charge in [-0.15, -0.1) is 0 Å². The van der Waals surface area contributed by atoms with Crippen LogP contribution in [0.15, 0.2) is 0 Å². The van der Waals surface area contributed by atoms with E-state index in [9.17, 15) is 4.79 Å².